The first kappa shape index (κ1) is 37.6. The summed E-state index contributed by atoms with van der Waals surface area (Å²) in [6, 6.07) is 1.79. The third-order valence-corrected chi connectivity index (χ3v) is 7.36. The molecule has 0 spiro atoms. The van der Waals surface area contributed by atoms with Crippen LogP contribution in [0.5, 0.6) is 5.75 Å². The molecular weight excluding hydrogens is 676 g/mol. The van der Waals surface area contributed by atoms with Crippen LogP contribution >= 0.6 is 11.3 Å². The SMILES string of the molecule is CC.CC1(C)C(NC(=O)/C(=N\OC(COc2ccc(Nc3nccn3CCCN)nc2)C(=O)O)c2csc(N)n2)C(=O)N1OS(=O)(=O)O. The number of anilines is 3. The number of thiazole rings is 1. The number of β-lactam (4-membered cyclic amide) rings is 1. The number of rotatable bonds is 16. The summed E-state index contributed by atoms with van der Waals surface area (Å²) in [5.41, 5.74) is 9.17. The summed E-state index contributed by atoms with van der Waals surface area (Å²) in [5.74, 6) is -2.32. The van der Waals surface area contributed by atoms with Crippen LogP contribution in [0.15, 0.2) is 41.3 Å². The van der Waals surface area contributed by atoms with Gasteiger partial charge in [-0.05, 0) is 38.9 Å². The maximum absolute atomic E-state index is 13.2. The van der Waals surface area contributed by atoms with Crippen molar-refractivity contribution in [1.82, 2.24) is 29.9 Å². The lowest BCUT2D eigenvalue weighted by molar-refractivity contribution is -0.218. The fourth-order valence-corrected chi connectivity index (χ4v) is 4.99. The van der Waals surface area contributed by atoms with E-state index in [4.69, 9.17) is 25.6 Å². The predicted molar refractivity (Wildman–Crippen MR) is 171 cm³/mol. The molecule has 48 heavy (non-hydrogen) atoms. The monoisotopic (exact) mass is 712 g/mol. The molecule has 2 unspecified atom stereocenters. The molecule has 2 amide bonds. The van der Waals surface area contributed by atoms with Crippen LogP contribution in [0.25, 0.3) is 0 Å². The number of nitrogens with two attached hydrogens (primary N) is 2. The van der Waals surface area contributed by atoms with Gasteiger partial charge in [0, 0.05) is 24.3 Å². The smallest absolute Gasteiger partial charge is 0.418 e. The van der Waals surface area contributed by atoms with E-state index in [1.165, 1.54) is 31.5 Å². The molecule has 3 aromatic heterocycles. The Morgan fingerprint density at radius 3 is 2.54 bits per heavy atom. The van der Waals surface area contributed by atoms with Crippen molar-refractivity contribution in [3.63, 3.8) is 0 Å². The van der Waals surface area contributed by atoms with Gasteiger partial charge in [-0.2, -0.15) is 13.5 Å². The van der Waals surface area contributed by atoms with Gasteiger partial charge in [-0.15, -0.1) is 15.6 Å². The fraction of sp³-hybridized carbons (Fsp3) is 0.423. The lowest BCUT2D eigenvalue weighted by atomic mass is 9.84. The largest absolute Gasteiger partial charge is 0.487 e. The number of pyridine rings is 1. The van der Waals surface area contributed by atoms with Crippen molar-refractivity contribution in [3.05, 3.63) is 41.8 Å². The zero-order chi connectivity index (χ0) is 35.6. The summed E-state index contributed by atoms with van der Waals surface area (Å²) in [5, 5.41) is 20.5. The van der Waals surface area contributed by atoms with Crippen molar-refractivity contribution in [3.8, 4) is 5.75 Å². The van der Waals surface area contributed by atoms with E-state index < -0.39 is 58.2 Å². The van der Waals surface area contributed by atoms with Crippen LogP contribution in [0.4, 0.5) is 16.9 Å². The highest BCUT2D eigenvalue weighted by atomic mass is 32.3. The van der Waals surface area contributed by atoms with Crippen molar-refractivity contribution < 1.29 is 46.3 Å². The number of carboxylic acids is 1. The zero-order valence-corrected chi connectivity index (χ0v) is 27.9. The Hall–Kier alpha value is -4.90. The highest BCUT2D eigenvalue weighted by Gasteiger charge is 2.58. The fourth-order valence-electron chi connectivity index (χ4n) is 3.98. The number of imidazole rings is 1. The Morgan fingerprint density at radius 1 is 1.25 bits per heavy atom. The molecule has 0 aromatic carbocycles. The molecule has 262 valence electrons. The van der Waals surface area contributed by atoms with E-state index in [0.29, 0.717) is 29.9 Å². The normalized spacial score (nSPS) is 16.2. The van der Waals surface area contributed by atoms with Crippen LogP contribution in [0, 0.1) is 0 Å². The first-order valence-electron chi connectivity index (χ1n) is 14.3. The average molecular weight is 713 g/mol. The molecule has 0 aliphatic carbocycles. The van der Waals surface area contributed by atoms with E-state index in [9.17, 15) is 27.9 Å². The van der Waals surface area contributed by atoms with E-state index in [2.05, 4.69) is 35.0 Å². The second-order valence-electron chi connectivity index (χ2n) is 10.0. The summed E-state index contributed by atoms with van der Waals surface area (Å²) in [4.78, 5) is 55.1. The van der Waals surface area contributed by atoms with Gasteiger partial charge in [0.2, 0.25) is 5.95 Å². The summed E-state index contributed by atoms with van der Waals surface area (Å²) in [6.07, 6.45) is 3.82. The summed E-state index contributed by atoms with van der Waals surface area (Å²) < 4.78 is 42.7. The van der Waals surface area contributed by atoms with Gasteiger partial charge in [-0.1, -0.05) is 19.0 Å². The summed E-state index contributed by atoms with van der Waals surface area (Å²) in [6.45, 7) is 7.34. The van der Waals surface area contributed by atoms with Crippen LogP contribution in [-0.4, -0.2) is 97.0 Å². The molecule has 2 atom stereocenters. The van der Waals surface area contributed by atoms with Gasteiger partial charge in [0.1, 0.15) is 29.9 Å². The minimum atomic E-state index is -5.02. The lowest BCUT2D eigenvalue weighted by Crippen LogP contribution is -2.76. The van der Waals surface area contributed by atoms with Gasteiger partial charge in [0.15, 0.2) is 10.8 Å². The molecule has 0 radical (unpaired) electrons. The van der Waals surface area contributed by atoms with Gasteiger partial charge in [-0.3, -0.25) is 14.1 Å². The Bertz CT molecular complexity index is 1710. The number of oxime groups is 1. The van der Waals surface area contributed by atoms with Gasteiger partial charge in [0.25, 0.3) is 17.9 Å². The standard InChI is InChI=1S/C24H30N10O10S2.C2H6/c1-24(2)18(20(36)34(24)44-46(39,40)41)31-19(35)17(14-12-45-22(26)29-14)32-43-15(21(37)38)11-42-13-4-5-16(28-10-13)30-23-27-7-9-33(23)8-3-6-25;1-2/h4-5,7,9-10,12,15,18H,3,6,8,11,25H2,1-2H3,(H2,26,29)(H,31,35)(H,37,38)(H,27,28,30)(H,39,40,41);1-2H3/b32-17-;. The van der Waals surface area contributed by atoms with Crippen molar-refractivity contribution in [2.24, 2.45) is 10.9 Å². The van der Waals surface area contributed by atoms with Crippen molar-refractivity contribution >= 4 is 62.1 Å². The van der Waals surface area contributed by atoms with Crippen molar-refractivity contribution in [1.29, 1.82) is 0 Å². The maximum Gasteiger partial charge on any atom is 0.418 e. The quantitative estimate of drug-likeness (QED) is 0.0511. The number of aryl methyl sites for hydroxylation is 1. The second kappa shape index (κ2) is 16.3. The molecule has 8 N–H and O–H groups in total. The topological polar surface area (TPSA) is 289 Å². The number of aromatic nitrogens is 4. The van der Waals surface area contributed by atoms with E-state index in [1.54, 1.807) is 18.5 Å². The zero-order valence-electron chi connectivity index (χ0n) is 26.3. The number of nitrogens with zero attached hydrogens (tertiary/aromatic N) is 6. The van der Waals surface area contributed by atoms with Gasteiger partial charge >= 0.3 is 16.4 Å². The number of hydrogen-bond acceptors (Lipinski definition) is 16. The first-order valence-corrected chi connectivity index (χ1v) is 16.5. The van der Waals surface area contributed by atoms with Crippen molar-refractivity contribution in [2.75, 3.05) is 24.2 Å². The van der Waals surface area contributed by atoms with Gasteiger partial charge < -0.3 is 41.3 Å². The second-order valence-corrected chi connectivity index (χ2v) is 11.9. The third kappa shape index (κ3) is 9.57. The molecule has 1 saturated heterocycles. The van der Waals surface area contributed by atoms with Crippen LogP contribution in [-0.2, 0) is 40.4 Å². The van der Waals surface area contributed by atoms with Crippen LogP contribution < -0.4 is 26.8 Å². The number of carbonyl (C=O) groups is 3. The Labute approximate surface area is 279 Å². The molecule has 1 fully saturated rings. The molecule has 1 aliphatic heterocycles. The molecule has 20 nitrogen and oxygen atoms in total. The average Bonchev–Trinajstić information content (AvgIpc) is 3.68. The highest BCUT2D eigenvalue weighted by molar-refractivity contribution is 7.80. The van der Waals surface area contributed by atoms with E-state index in [0.717, 1.165) is 17.8 Å². The number of aliphatic carboxylic acids is 1. The van der Waals surface area contributed by atoms with E-state index >= 15 is 0 Å². The predicted octanol–water partition coefficient (Wildman–Crippen LogP) is 0.528. The van der Waals surface area contributed by atoms with Crippen LogP contribution in [0.1, 0.15) is 39.8 Å². The van der Waals surface area contributed by atoms with Crippen LogP contribution in [0.3, 0.4) is 0 Å². The molecule has 4 rings (SSSR count). The number of ether oxygens (including phenoxy) is 1. The molecule has 4 heterocycles. The maximum atomic E-state index is 13.2. The number of carboxylic acid groups (broad SMARTS) is 1. The van der Waals surface area contributed by atoms with Crippen LogP contribution in [0.2, 0.25) is 0 Å². The minimum absolute atomic E-state index is 0.0476. The molecule has 22 heteroatoms. The molecule has 0 bridgehead atoms. The molecule has 1 aliphatic rings. The highest BCUT2D eigenvalue weighted by Crippen LogP contribution is 2.33. The number of nitrogen functional groups attached to an aromatic ring is 1. The minimum Gasteiger partial charge on any atom is -0.487 e. The summed E-state index contributed by atoms with van der Waals surface area (Å²) >= 11 is 0.947. The number of amides is 2. The van der Waals surface area contributed by atoms with Crippen molar-refractivity contribution in [2.45, 2.75) is 58.3 Å². The molecule has 0 saturated carbocycles. The number of hydroxylamine groups is 2. The first-order chi connectivity index (χ1) is 22.7. The number of nitrogens with one attached hydrogen (secondary N) is 2. The Balaban J connectivity index is 0.00000307. The summed E-state index contributed by atoms with van der Waals surface area (Å²) in [7, 11) is -5.02. The van der Waals surface area contributed by atoms with Gasteiger partial charge in [-0.25, -0.2) is 19.7 Å². The Morgan fingerprint density at radius 2 is 1.98 bits per heavy atom. The molecule has 3 aromatic rings. The van der Waals surface area contributed by atoms with E-state index in [1.807, 2.05) is 18.4 Å². The number of hydrogen-bond donors (Lipinski definition) is 6. The Kier molecular flexibility index (Phi) is 12.7. The molecular formula is C26H36N10O10S2. The van der Waals surface area contributed by atoms with E-state index in [-0.39, 0.29) is 16.6 Å². The van der Waals surface area contributed by atoms with Gasteiger partial charge in [0.05, 0.1) is 11.7 Å². The lowest BCUT2D eigenvalue weighted by Gasteiger charge is -2.50. The third-order valence-electron chi connectivity index (χ3n) is 6.34. The number of carbonyl (C=O) groups excluding carboxylic acids is 2.